The van der Waals surface area contributed by atoms with E-state index in [4.69, 9.17) is 4.74 Å². The second-order valence-corrected chi connectivity index (χ2v) is 7.24. The number of hydrogen-bond donors (Lipinski definition) is 1. The first kappa shape index (κ1) is 21.9. The number of aromatic nitrogens is 1. The maximum Gasteiger partial charge on any atom is 0.261 e. The summed E-state index contributed by atoms with van der Waals surface area (Å²) in [5.74, 6) is 0.482. The van der Waals surface area contributed by atoms with Gasteiger partial charge in [-0.25, -0.2) is 0 Å². The summed E-state index contributed by atoms with van der Waals surface area (Å²) in [6, 6.07) is 8.06. The number of hydrogen-bond acceptors (Lipinski definition) is 3. The molecule has 4 nitrogen and oxygen atoms in total. The molecule has 1 N–H and O–H groups in total. The highest BCUT2D eigenvalue weighted by molar-refractivity contribution is 6.07. The molecule has 28 heavy (non-hydrogen) atoms. The number of benzene rings is 1. The van der Waals surface area contributed by atoms with Crippen molar-refractivity contribution in [3.8, 4) is 5.75 Å². The summed E-state index contributed by atoms with van der Waals surface area (Å²) in [7, 11) is 0. The Kier molecular flexibility index (Phi) is 8.49. The van der Waals surface area contributed by atoms with Crippen molar-refractivity contribution in [1.82, 2.24) is 4.98 Å². The molecule has 0 fully saturated rings. The largest absolute Gasteiger partial charge is 0.493 e. The molecule has 2 rings (SSSR count). The molecule has 0 aliphatic carbocycles. The highest BCUT2D eigenvalue weighted by Gasteiger charge is 2.20. The maximum atomic E-state index is 13.2. The number of anilines is 1. The van der Waals surface area contributed by atoms with Crippen molar-refractivity contribution >= 4 is 11.6 Å². The van der Waals surface area contributed by atoms with E-state index in [1.165, 1.54) is 12.8 Å². The van der Waals surface area contributed by atoms with Crippen LogP contribution in [0.15, 0.2) is 24.3 Å². The standard InChI is InChI=1S/C24H34N2O2/c1-6-9-10-11-15-28-21-16-17(4)25-18(5)22(21)24(27)26-23-19(7-2)13-12-14-20(23)8-3/h12-14,16H,6-11,15H2,1-5H3,(H,26,27). The first-order chi connectivity index (χ1) is 13.5. The van der Waals surface area contributed by atoms with Crippen molar-refractivity contribution in [2.24, 2.45) is 0 Å². The number of aryl methyl sites for hydroxylation is 4. The molecule has 1 amide bonds. The number of carbonyl (C=O) groups is 1. The predicted octanol–water partition coefficient (Wildman–Crippen LogP) is 6.03. The van der Waals surface area contributed by atoms with Gasteiger partial charge in [0.05, 0.1) is 12.3 Å². The number of unbranched alkanes of at least 4 members (excludes halogenated alkanes) is 3. The van der Waals surface area contributed by atoms with Crippen molar-refractivity contribution in [2.75, 3.05) is 11.9 Å². The molecule has 0 saturated carbocycles. The maximum absolute atomic E-state index is 13.2. The minimum absolute atomic E-state index is 0.149. The van der Waals surface area contributed by atoms with E-state index < -0.39 is 0 Å². The van der Waals surface area contributed by atoms with E-state index in [0.717, 1.165) is 48.2 Å². The second kappa shape index (κ2) is 10.8. The van der Waals surface area contributed by atoms with E-state index in [1.54, 1.807) is 0 Å². The lowest BCUT2D eigenvalue weighted by Gasteiger charge is -2.17. The number of nitrogens with zero attached hydrogens (tertiary/aromatic N) is 1. The molecule has 0 bridgehead atoms. The van der Waals surface area contributed by atoms with Crippen molar-refractivity contribution in [3.63, 3.8) is 0 Å². The third kappa shape index (κ3) is 5.57. The van der Waals surface area contributed by atoms with E-state index in [2.05, 4.69) is 49.3 Å². The normalized spacial score (nSPS) is 10.8. The van der Waals surface area contributed by atoms with Crippen molar-refractivity contribution in [2.45, 2.75) is 73.1 Å². The van der Waals surface area contributed by atoms with Gasteiger partial charge in [-0.1, -0.05) is 58.2 Å². The van der Waals surface area contributed by atoms with Gasteiger partial charge < -0.3 is 10.1 Å². The third-order valence-electron chi connectivity index (χ3n) is 5.01. The molecule has 152 valence electrons. The number of carbonyl (C=O) groups excluding carboxylic acids is 1. The molecule has 1 heterocycles. The first-order valence-corrected chi connectivity index (χ1v) is 10.5. The van der Waals surface area contributed by atoms with Gasteiger partial charge in [-0.2, -0.15) is 0 Å². The van der Waals surface area contributed by atoms with E-state index >= 15 is 0 Å². The van der Waals surface area contributed by atoms with Crippen molar-refractivity contribution < 1.29 is 9.53 Å². The van der Waals surface area contributed by atoms with E-state index in [1.807, 2.05) is 19.9 Å². The van der Waals surface area contributed by atoms with Crippen LogP contribution in [0.5, 0.6) is 5.75 Å². The van der Waals surface area contributed by atoms with Gasteiger partial charge in [0.15, 0.2) is 0 Å². The van der Waals surface area contributed by atoms with Crippen molar-refractivity contribution in [3.05, 3.63) is 52.3 Å². The Morgan fingerprint density at radius 2 is 1.71 bits per heavy atom. The first-order valence-electron chi connectivity index (χ1n) is 10.5. The summed E-state index contributed by atoms with van der Waals surface area (Å²) in [5.41, 5.74) is 5.31. The Hall–Kier alpha value is -2.36. The molecule has 0 unspecified atom stereocenters. The summed E-state index contributed by atoms with van der Waals surface area (Å²) in [5, 5.41) is 3.15. The summed E-state index contributed by atoms with van der Waals surface area (Å²) in [4.78, 5) is 17.7. The predicted molar refractivity (Wildman–Crippen MR) is 116 cm³/mol. The molecule has 0 spiro atoms. The molecular weight excluding hydrogens is 348 g/mol. The van der Waals surface area contributed by atoms with Crippen LogP contribution in [0.3, 0.4) is 0 Å². The van der Waals surface area contributed by atoms with Crippen LogP contribution in [-0.4, -0.2) is 17.5 Å². The van der Waals surface area contributed by atoms with E-state index in [9.17, 15) is 4.79 Å². The number of pyridine rings is 1. The monoisotopic (exact) mass is 382 g/mol. The third-order valence-corrected chi connectivity index (χ3v) is 5.01. The number of ether oxygens (including phenoxy) is 1. The number of rotatable bonds is 10. The van der Waals surface area contributed by atoms with Crippen LogP contribution >= 0.6 is 0 Å². The van der Waals surface area contributed by atoms with Gasteiger partial charge in [0.25, 0.3) is 5.91 Å². The Labute approximate surface area is 169 Å². The number of nitrogens with one attached hydrogen (secondary N) is 1. The van der Waals surface area contributed by atoms with Gasteiger partial charge in [0, 0.05) is 17.4 Å². The fraction of sp³-hybridized carbons (Fsp3) is 0.500. The molecule has 1 aromatic carbocycles. The van der Waals surface area contributed by atoms with Gasteiger partial charge in [-0.3, -0.25) is 9.78 Å². The van der Waals surface area contributed by atoms with Crippen LogP contribution in [0.25, 0.3) is 0 Å². The molecule has 2 aromatic rings. The van der Waals surface area contributed by atoms with E-state index in [-0.39, 0.29) is 5.91 Å². The Balaban J connectivity index is 2.28. The quantitative estimate of drug-likeness (QED) is 0.510. The molecule has 0 aliphatic heterocycles. The molecule has 0 aliphatic rings. The second-order valence-electron chi connectivity index (χ2n) is 7.24. The average Bonchev–Trinajstić information content (AvgIpc) is 2.67. The molecular formula is C24H34N2O2. The summed E-state index contributed by atoms with van der Waals surface area (Å²) in [6.45, 7) is 10.8. The lowest BCUT2D eigenvalue weighted by Crippen LogP contribution is -2.18. The smallest absolute Gasteiger partial charge is 0.261 e. The van der Waals surface area contributed by atoms with Crippen LogP contribution in [0, 0.1) is 13.8 Å². The number of para-hydroxylation sites is 1. The molecule has 0 radical (unpaired) electrons. The van der Waals surface area contributed by atoms with Crippen LogP contribution in [0.1, 0.15) is 79.3 Å². The lowest BCUT2D eigenvalue weighted by molar-refractivity contribution is 0.102. The highest BCUT2D eigenvalue weighted by Crippen LogP contribution is 2.27. The van der Waals surface area contributed by atoms with Crippen LogP contribution in [0.2, 0.25) is 0 Å². The fourth-order valence-corrected chi connectivity index (χ4v) is 3.47. The molecule has 0 atom stereocenters. The summed E-state index contributed by atoms with van der Waals surface area (Å²) < 4.78 is 6.02. The fourth-order valence-electron chi connectivity index (χ4n) is 3.47. The zero-order valence-electron chi connectivity index (χ0n) is 18.0. The van der Waals surface area contributed by atoms with Crippen LogP contribution < -0.4 is 10.1 Å². The van der Waals surface area contributed by atoms with Crippen LogP contribution in [0.4, 0.5) is 5.69 Å². The molecule has 4 heteroatoms. The van der Waals surface area contributed by atoms with Gasteiger partial charge in [-0.15, -0.1) is 0 Å². The number of amides is 1. The Morgan fingerprint density at radius 3 is 2.32 bits per heavy atom. The molecule has 0 saturated heterocycles. The van der Waals surface area contributed by atoms with Gasteiger partial charge in [0.1, 0.15) is 11.3 Å². The zero-order valence-corrected chi connectivity index (χ0v) is 18.0. The Morgan fingerprint density at radius 1 is 1.04 bits per heavy atom. The summed E-state index contributed by atoms with van der Waals surface area (Å²) >= 11 is 0. The topological polar surface area (TPSA) is 51.2 Å². The van der Waals surface area contributed by atoms with Crippen molar-refractivity contribution in [1.29, 1.82) is 0 Å². The van der Waals surface area contributed by atoms with Crippen LogP contribution in [-0.2, 0) is 12.8 Å². The molecule has 1 aromatic heterocycles. The van der Waals surface area contributed by atoms with E-state index in [0.29, 0.717) is 23.6 Å². The Bertz CT molecular complexity index is 777. The summed E-state index contributed by atoms with van der Waals surface area (Å²) in [6.07, 6.45) is 6.28. The SMILES string of the molecule is CCCCCCOc1cc(C)nc(C)c1C(=O)Nc1c(CC)cccc1CC. The minimum atomic E-state index is -0.149. The lowest BCUT2D eigenvalue weighted by atomic mass is 10.0. The highest BCUT2D eigenvalue weighted by atomic mass is 16.5. The van der Waals surface area contributed by atoms with Gasteiger partial charge in [0.2, 0.25) is 0 Å². The average molecular weight is 383 g/mol. The van der Waals surface area contributed by atoms with Gasteiger partial charge >= 0.3 is 0 Å². The van der Waals surface area contributed by atoms with Gasteiger partial charge in [-0.05, 0) is 44.2 Å². The zero-order chi connectivity index (χ0) is 20.5. The minimum Gasteiger partial charge on any atom is -0.493 e.